The first-order valence-electron chi connectivity index (χ1n) is 5.20. The van der Waals surface area contributed by atoms with Crippen LogP contribution in [0.3, 0.4) is 0 Å². The molecular formula is C10H12N4O3S. The zero-order chi connectivity index (χ0) is 13.0. The Morgan fingerprint density at radius 3 is 3.11 bits per heavy atom. The number of hydrogen-bond donors (Lipinski definition) is 2. The fraction of sp³-hybridized carbons (Fsp3) is 0.300. The minimum Gasteiger partial charge on any atom is -0.467 e. The maximum atomic E-state index is 11.5. The molecular weight excluding hydrogens is 256 g/mol. The summed E-state index contributed by atoms with van der Waals surface area (Å²) in [5.74, 6) is 0.742. The van der Waals surface area contributed by atoms with Gasteiger partial charge in [-0.2, -0.15) is 0 Å². The minimum absolute atomic E-state index is 0.146. The largest absolute Gasteiger partial charge is 0.467 e. The van der Waals surface area contributed by atoms with Crippen LogP contribution in [-0.4, -0.2) is 26.4 Å². The highest BCUT2D eigenvalue weighted by atomic mass is 32.2. The van der Waals surface area contributed by atoms with Crippen LogP contribution < -0.4 is 11.0 Å². The molecule has 2 N–H and O–H groups in total. The molecule has 0 aliphatic carbocycles. The Bertz CT molecular complexity index is 572. The molecule has 96 valence electrons. The molecule has 0 fully saturated rings. The second-order valence-electron chi connectivity index (χ2n) is 3.52. The monoisotopic (exact) mass is 268 g/mol. The summed E-state index contributed by atoms with van der Waals surface area (Å²) in [5, 5.41) is 9.27. The number of aromatic nitrogens is 3. The maximum Gasteiger partial charge on any atom is 0.343 e. The molecule has 0 atom stereocenters. The highest BCUT2D eigenvalue weighted by Gasteiger charge is 2.08. The smallest absolute Gasteiger partial charge is 0.343 e. The summed E-state index contributed by atoms with van der Waals surface area (Å²) in [6.45, 7) is 0.353. The van der Waals surface area contributed by atoms with Crippen LogP contribution in [0, 0.1) is 0 Å². The van der Waals surface area contributed by atoms with Crippen LogP contribution in [0.15, 0.2) is 32.8 Å². The maximum absolute atomic E-state index is 11.5. The van der Waals surface area contributed by atoms with Gasteiger partial charge in [0.15, 0.2) is 5.16 Å². The van der Waals surface area contributed by atoms with Crippen LogP contribution in [0.2, 0.25) is 0 Å². The lowest BCUT2D eigenvalue weighted by atomic mass is 10.4. The van der Waals surface area contributed by atoms with Gasteiger partial charge in [0, 0.05) is 7.05 Å². The number of aromatic amines is 1. The molecule has 2 aromatic heterocycles. The van der Waals surface area contributed by atoms with Crippen LogP contribution in [0.1, 0.15) is 5.76 Å². The van der Waals surface area contributed by atoms with Crippen LogP contribution in [0.4, 0.5) is 0 Å². The van der Waals surface area contributed by atoms with Gasteiger partial charge in [-0.05, 0) is 12.1 Å². The Balaban J connectivity index is 1.78. The van der Waals surface area contributed by atoms with Gasteiger partial charge in [-0.15, -0.1) is 5.10 Å². The lowest BCUT2D eigenvalue weighted by molar-refractivity contribution is -0.118. The Labute approximate surface area is 107 Å². The second-order valence-corrected chi connectivity index (χ2v) is 4.46. The van der Waals surface area contributed by atoms with Crippen molar-refractivity contribution >= 4 is 17.7 Å². The van der Waals surface area contributed by atoms with Crippen molar-refractivity contribution in [2.75, 3.05) is 5.75 Å². The predicted molar refractivity (Wildman–Crippen MR) is 65.1 cm³/mol. The molecule has 0 saturated heterocycles. The SMILES string of the molecule is Cn1c(SCC(=O)NCc2ccco2)n[nH]c1=O. The molecule has 1 amide bonds. The fourth-order valence-corrected chi connectivity index (χ4v) is 1.99. The fourth-order valence-electron chi connectivity index (χ4n) is 1.24. The van der Waals surface area contributed by atoms with Crippen LogP contribution in [-0.2, 0) is 18.4 Å². The number of nitrogens with zero attached hydrogens (tertiary/aromatic N) is 2. The number of furan rings is 1. The molecule has 0 spiro atoms. The van der Waals surface area contributed by atoms with E-state index in [1.807, 2.05) is 0 Å². The molecule has 0 aliphatic rings. The number of carbonyl (C=O) groups is 1. The van der Waals surface area contributed by atoms with E-state index in [1.54, 1.807) is 25.4 Å². The molecule has 0 bridgehead atoms. The topological polar surface area (TPSA) is 92.9 Å². The van der Waals surface area contributed by atoms with Crippen molar-refractivity contribution in [3.63, 3.8) is 0 Å². The Hall–Kier alpha value is -1.96. The molecule has 0 aromatic carbocycles. The average Bonchev–Trinajstić information content (AvgIpc) is 2.97. The summed E-state index contributed by atoms with van der Waals surface area (Å²) in [5.41, 5.74) is -0.298. The molecule has 7 nitrogen and oxygen atoms in total. The van der Waals surface area contributed by atoms with Crippen LogP contribution in [0.25, 0.3) is 0 Å². The van der Waals surface area contributed by atoms with Crippen molar-refractivity contribution in [2.45, 2.75) is 11.7 Å². The average molecular weight is 268 g/mol. The van der Waals surface area contributed by atoms with Crippen molar-refractivity contribution in [3.8, 4) is 0 Å². The van der Waals surface area contributed by atoms with E-state index in [9.17, 15) is 9.59 Å². The van der Waals surface area contributed by atoms with Gasteiger partial charge in [-0.25, -0.2) is 9.89 Å². The summed E-state index contributed by atoms with van der Waals surface area (Å²) in [4.78, 5) is 22.6. The summed E-state index contributed by atoms with van der Waals surface area (Å²) >= 11 is 1.19. The van der Waals surface area contributed by atoms with Gasteiger partial charge in [-0.3, -0.25) is 9.36 Å². The van der Waals surface area contributed by atoms with Crippen molar-refractivity contribution in [1.82, 2.24) is 20.1 Å². The summed E-state index contributed by atoms with van der Waals surface area (Å²) in [6.07, 6.45) is 1.55. The van der Waals surface area contributed by atoms with Crippen molar-refractivity contribution in [1.29, 1.82) is 0 Å². The van der Waals surface area contributed by atoms with Crippen molar-refractivity contribution in [2.24, 2.45) is 7.05 Å². The van der Waals surface area contributed by atoms with E-state index in [-0.39, 0.29) is 17.3 Å². The zero-order valence-corrected chi connectivity index (χ0v) is 10.5. The van der Waals surface area contributed by atoms with Crippen LogP contribution >= 0.6 is 11.8 Å². The highest BCUT2D eigenvalue weighted by molar-refractivity contribution is 7.99. The molecule has 2 rings (SSSR count). The number of hydrogen-bond acceptors (Lipinski definition) is 5. The molecule has 0 saturated carbocycles. The number of thioether (sulfide) groups is 1. The first kappa shape index (κ1) is 12.5. The lowest BCUT2D eigenvalue weighted by Gasteiger charge is -2.02. The number of H-pyrrole nitrogens is 1. The van der Waals surface area contributed by atoms with Gasteiger partial charge < -0.3 is 9.73 Å². The van der Waals surface area contributed by atoms with Gasteiger partial charge >= 0.3 is 5.69 Å². The van der Waals surface area contributed by atoms with Crippen molar-refractivity contribution < 1.29 is 9.21 Å². The summed E-state index contributed by atoms with van der Waals surface area (Å²) in [6, 6.07) is 3.54. The molecule has 8 heteroatoms. The zero-order valence-electron chi connectivity index (χ0n) is 9.67. The van der Waals surface area contributed by atoms with E-state index in [4.69, 9.17) is 4.42 Å². The third-order valence-electron chi connectivity index (χ3n) is 2.21. The normalized spacial score (nSPS) is 10.5. The Morgan fingerprint density at radius 2 is 2.50 bits per heavy atom. The van der Waals surface area contributed by atoms with E-state index >= 15 is 0 Å². The van der Waals surface area contributed by atoms with Crippen LogP contribution in [0.5, 0.6) is 0 Å². The number of rotatable bonds is 5. The summed E-state index contributed by atoms with van der Waals surface area (Å²) < 4.78 is 6.44. The first-order valence-corrected chi connectivity index (χ1v) is 6.18. The van der Waals surface area contributed by atoms with Gasteiger partial charge in [0.1, 0.15) is 5.76 Å². The summed E-state index contributed by atoms with van der Waals surface area (Å²) in [7, 11) is 1.59. The molecule has 0 aliphatic heterocycles. The van der Waals surface area contributed by atoms with Gasteiger partial charge in [0.05, 0.1) is 18.6 Å². The predicted octanol–water partition coefficient (Wildman–Crippen LogP) is 0.110. The molecule has 2 aromatic rings. The number of nitrogens with one attached hydrogen (secondary N) is 2. The molecule has 18 heavy (non-hydrogen) atoms. The van der Waals surface area contributed by atoms with E-state index in [0.29, 0.717) is 17.5 Å². The van der Waals surface area contributed by atoms with Gasteiger partial charge in [0.25, 0.3) is 0 Å². The first-order chi connectivity index (χ1) is 8.66. The number of amides is 1. The van der Waals surface area contributed by atoms with E-state index in [1.165, 1.54) is 16.3 Å². The second kappa shape index (κ2) is 5.58. The highest BCUT2D eigenvalue weighted by Crippen LogP contribution is 2.11. The number of carbonyl (C=O) groups excluding carboxylic acids is 1. The van der Waals surface area contributed by atoms with Gasteiger partial charge in [-0.1, -0.05) is 11.8 Å². The Morgan fingerprint density at radius 1 is 1.67 bits per heavy atom. The molecule has 0 unspecified atom stereocenters. The van der Waals surface area contributed by atoms with E-state index in [2.05, 4.69) is 15.5 Å². The van der Waals surface area contributed by atoms with Gasteiger partial charge in [0.2, 0.25) is 5.91 Å². The van der Waals surface area contributed by atoms with E-state index in [0.717, 1.165) is 0 Å². The third kappa shape index (κ3) is 3.04. The standard InChI is InChI=1S/C10H12N4O3S/c1-14-9(16)12-13-10(14)18-6-8(15)11-5-7-3-2-4-17-7/h2-4H,5-6H2,1H3,(H,11,15)(H,12,16). The Kier molecular flexibility index (Phi) is 3.88. The molecule has 0 radical (unpaired) electrons. The molecule has 2 heterocycles. The minimum atomic E-state index is -0.298. The van der Waals surface area contributed by atoms with E-state index < -0.39 is 0 Å². The quantitative estimate of drug-likeness (QED) is 0.751. The van der Waals surface area contributed by atoms with Crippen molar-refractivity contribution in [3.05, 3.63) is 34.6 Å². The third-order valence-corrected chi connectivity index (χ3v) is 3.24. The lowest BCUT2D eigenvalue weighted by Crippen LogP contribution is -2.24.